The molecule has 1 heterocycles. The normalized spacial score (nSPS) is 14.9. The van der Waals surface area contributed by atoms with E-state index in [4.69, 9.17) is 0 Å². The number of anilines is 3. The zero-order valence-corrected chi connectivity index (χ0v) is 43.7. The second-order valence-electron chi connectivity index (χ2n) is 21.8. The van der Waals surface area contributed by atoms with Gasteiger partial charge in [-0.05, 0) is 142 Å². The van der Waals surface area contributed by atoms with E-state index in [-0.39, 0.29) is 5.41 Å². The predicted octanol–water partition coefficient (Wildman–Crippen LogP) is 19.5. The van der Waals surface area contributed by atoms with Gasteiger partial charge in [0.15, 0.2) is 0 Å². The lowest BCUT2D eigenvalue weighted by Gasteiger charge is -2.39. The highest BCUT2D eigenvalue weighted by Crippen LogP contribution is 2.64. The minimum absolute atomic E-state index is 0.245. The van der Waals surface area contributed by atoms with Gasteiger partial charge in [0.05, 0.1) is 22.2 Å². The third kappa shape index (κ3) is 5.97. The van der Waals surface area contributed by atoms with Gasteiger partial charge in [0, 0.05) is 32.0 Å². The molecule has 3 aliphatic carbocycles. The Bertz CT molecular complexity index is 4330. The predicted molar refractivity (Wildman–Crippen MR) is 320 cm³/mol. The van der Waals surface area contributed by atoms with Crippen LogP contribution in [0.5, 0.6) is 0 Å². The first-order chi connectivity index (χ1) is 38.0. The molecule has 1 nitrogen and oxygen atoms in total. The number of fused-ring (bicyclic) bond motifs is 17. The molecule has 0 N–H and O–H groups in total. The maximum atomic E-state index is 2.61. The van der Waals surface area contributed by atoms with Crippen LogP contribution in [0.15, 0.2) is 283 Å². The molecule has 4 aliphatic rings. The summed E-state index contributed by atoms with van der Waals surface area (Å²) in [6.45, 7) is 4.83. The molecular weight excluding hydrogens is 947 g/mol. The summed E-state index contributed by atoms with van der Waals surface area (Å²) >= 11 is 1.89. The highest BCUT2D eigenvalue weighted by Gasteiger charge is 2.51. The number of benzene rings is 12. The summed E-state index contributed by atoms with van der Waals surface area (Å²) in [5, 5.41) is 2.58. The Kier molecular flexibility index (Phi) is 9.52. The fourth-order valence-corrected chi connectivity index (χ4v) is 15.8. The van der Waals surface area contributed by atoms with E-state index in [0.29, 0.717) is 0 Å². The summed E-state index contributed by atoms with van der Waals surface area (Å²) in [7, 11) is 0. The number of para-hydroxylation sites is 1. The van der Waals surface area contributed by atoms with Crippen LogP contribution in [-0.2, 0) is 16.2 Å². The minimum atomic E-state index is -0.563. The van der Waals surface area contributed by atoms with Crippen molar-refractivity contribution < 1.29 is 0 Å². The summed E-state index contributed by atoms with van der Waals surface area (Å²) in [4.78, 5) is 5.22. The van der Waals surface area contributed by atoms with Crippen molar-refractivity contribution in [3.05, 3.63) is 329 Å². The molecule has 0 saturated carbocycles. The fraction of sp³-hybridized carbons (Fsp3) is 0.0667. The summed E-state index contributed by atoms with van der Waals surface area (Å²) in [5.41, 5.74) is 25.3. The summed E-state index contributed by atoms with van der Waals surface area (Å²) in [6.07, 6.45) is 0. The van der Waals surface area contributed by atoms with Crippen molar-refractivity contribution in [2.45, 2.75) is 39.9 Å². The zero-order chi connectivity index (χ0) is 51.0. The molecule has 0 atom stereocenters. The first kappa shape index (κ1) is 44.4. The molecule has 0 radical (unpaired) electrons. The van der Waals surface area contributed by atoms with Gasteiger partial charge < -0.3 is 4.90 Å². The molecule has 12 aromatic rings. The van der Waals surface area contributed by atoms with Crippen molar-refractivity contribution in [2.75, 3.05) is 4.90 Å². The molecule has 0 saturated heterocycles. The van der Waals surface area contributed by atoms with Crippen molar-refractivity contribution in [3.63, 3.8) is 0 Å². The van der Waals surface area contributed by atoms with Crippen molar-refractivity contribution in [3.8, 4) is 44.5 Å². The largest absolute Gasteiger partial charge is 0.309 e. The van der Waals surface area contributed by atoms with Crippen LogP contribution in [0.3, 0.4) is 0 Å². The molecule has 0 unspecified atom stereocenters. The van der Waals surface area contributed by atoms with Gasteiger partial charge in [-0.25, -0.2) is 0 Å². The first-order valence-corrected chi connectivity index (χ1v) is 27.8. The SMILES string of the molecule is CC1(C)c2cc(N(c3ccccc3-c3ccc4c(c3)C3(c5ccccc5Sc5ccccc53)c3ccccc3-4)c3cccc4c3-c3ccccc3C4(c3ccccc3)c3ccccc3)ccc2-c2c1ccc1ccccc21. The van der Waals surface area contributed by atoms with Gasteiger partial charge in [-0.3, -0.25) is 0 Å². The Hall–Kier alpha value is -8.95. The Morgan fingerprint density at radius 2 is 0.844 bits per heavy atom. The summed E-state index contributed by atoms with van der Waals surface area (Å²) in [5.74, 6) is 0. The molecule has 0 bridgehead atoms. The molecule has 2 heteroatoms. The standard InChI is InChI=1S/C75H51NS/c1-73(2)63-45-41-48-22-9-10-28-54(48)71(63)58-44-42-52(47-65(58)73)76(68-37-21-35-64-72(68)57-30-12-15-32-60(57)74(64,50-23-5-3-6-24-50)51-25-7-4-8-26-51)67-36-18-13-27-53(67)49-40-43-56-55-29-11-14-31-59(55)75(66(56)46-49)61-33-16-19-38-69(61)77-70-39-20-17-34-62(70)75/h3-47H,1-2H3. The molecule has 77 heavy (non-hydrogen) atoms. The van der Waals surface area contributed by atoms with E-state index in [9.17, 15) is 0 Å². The van der Waals surface area contributed by atoms with Crippen molar-refractivity contribution in [2.24, 2.45) is 0 Å². The van der Waals surface area contributed by atoms with Crippen molar-refractivity contribution in [1.82, 2.24) is 0 Å². The highest BCUT2D eigenvalue weighted by atomic mass is 32.2. The van der Waals surface area contributed by atoms with E-state index in [2.05, 4.69) is 292 Å². The van der Waals surface area contributed by atoms with Gasteiger partial charge in [-0.15, -0.1) is 0 Å². The molecule has 1 aliphatic heterocycles. The molecule has 0 aromatic heterocycles. The zero-order valence-electron chi connectivity index (χ0n) is 42.8. The number of hydrogen-bond acceptors (Lipinski definition) is 2. The van der Waals surface area contributed by atoms with E-state index >= 15 is 0 Å². The molecule has 16 rings (SSSR count). The second kappa shape index (κ2) is 16.5. The van der Waals surface area contributed by atoms with Crippen LogP contribution < -0.4 is 4.90 Å². The van der Waals surface area contributed by atoms with Gasteiger partial charge in [-0.2, -0.15) is 0 Å². The third-order valence-electron chi connectivity index (χ3n) is 17.8. The van der Waals surface area contributed by atoms with Crippen LogP contribution in [0.2, 0.25) is 0 Å². The maximum absolute atomic E-state index is 2.61. The van der Waals surface area contributed by atoms with Crippen LogP contribution >= 0.6 is 11.8 Å². The fourth-order valence-electron chi connectivity index (χ4n) is 14.6. The average Bonchev–Trinajstić information content (AvgIpc) is 4.28. The first-order valence-electron chi connectivity index (χ1n) is 27.0. The van der Waals surface area contributed by atoms with Crippen LogP contribution in [0.4, 0.5) is 17.1 Å². The van der Waals surface area contributed by atoms with Crippen LogP contribution in [0.1, 0.15) is 69.5 Å². The molecular formula is C75H51NS. The maximum Gasteiger partial charge on any atom is 0.0735 e. The monoisotopic (exact) mass is 997 g/mol. The van der Waals surface area contributed by atoms with Crippen LogP contribution in [0.25, 0.3) is 55.3 Å². The average molecular weight is 998 g/mol. The van der Waals surface area contributed by atoms with Crippen molar-refractivity contribution >= 4 is 39.6 Å². The van der Waals surface area contributed by atoms with Gasteiger partial charge in [0.25, 0.3) is 0 Å². The molecule has 12 aromatic carbocycles. The van der Waals surface area contributed by atoms with Crippen molar-refractivity contribution in [1.29, 1.82) is 0 Å². The molecule has 0 amide bonds. The molecule has 1 spiro atoms. The smallest absolute Gasteiger partial charge is 0.0735 e. The van der Waals surface area contributed by atoms with Gasteiger partial charge >= 0.3 is 0 Å². The lowest BCUT2D eigenvalue weighted by molar-refractivity contribution is 0.661. The van der Waals surface area contributed by atoms with Gasteiger partial charge in [-0.1, -0.05) is 256 Å². The quantitative estimate of drug-likeness (QED) is 0.163. The Morgan fingerprint density at radius 1 is 0.312 bits per heavy atom. The van der Waals surface area contributed by atoms with E-state index in [1.165, 1.54) is 121 Å². The second-order valence-corrected chi connectivity index (χ2v) is 22.9. The number of nitrogens with zero attached hydrogens (tertiary/aromatic N) is 1. The van der Waals surface area contributed by atoms with E-state index in [1.54, 1.807) is 0 Å². The minimum Gasteiger partial charge on any atom is -0.309 e. The molecule has 0 fully saturated rings. The Balaban J connectivity index is 0.977. The summed E-state index contributed by atoms with van der Waals surface area (Å²) in [6, 6.07) is 103. The highest BCUT2D eigenvalue weighted by molar-refractivity contribution is 7.99. The summed E-state index contributed by atoms with van der Waals surface area (Å²) < 4.78 is 0. The lowest BCUT2D eigenvalue weighted by atomic mass is 9.67. The molecule has 362 valence electrons. The number of rotatable bonds is 6. The Labute approximate surface area is 454 Å². The topological polar surface area (TPSA) is 3.24 Å². The third-order valence-corrected chi connectivity index (χ3v) is 19.0. The van der Waals surface area contributed by atoms with Gasteiger partial charge in [0.2, 0.25) is 0 Å². The Morgan fingerprint density at radius 3 is 1.57 bits per heavy atom. The lowest BCUT2D eigenvalue weighted by Crippen LogP contribution is -2.31. The van der Waals surface area contributed by atoms with Gasteiger partial charge in [0.1, 0.15) is 0 Å². The van der Waals surface area contributed by atoms with Crippen LogP contribution in [0, 0.1) is 0 Å². The van der Waals surface area contributed by atoms with Crippen LogP contribution in [-0.4, -0.2) is 0 Å². The van der Waals surface area contributed by atoms with E-state index in [1.807, 2.05) is 11.8 Å². The van der Waals surface area contributed by atoms with E-state index in [0.717, 1.165) is 17.1 Å². The number of hydrogen-bond donors (Lipinski definition) is 0. The van der Waals surface area contributed by atoms with E-state index < -0.39 is 10.8 Å².